The molecule has 0 aliphatic carbocycles. The fourth-order valence-corrected chi connectivity index (χ4v) is 3.80. The van der Waals surface area contributed by atoms with Crippen LogP contribution in [0.2, 0.25) is 0 Å². The highest BCUT2D eigenvalue weighted by Crippen LogP contribution is 2.31. The van der Waals surface area contributed by atoms with Gasteiger partial charge in [-0.05, 0) is 31.2 Å². The molecule has 2 aromatic heterocycles. The first-order chi connectivity index (χ1) is 12.6. The van der Waals surface area contributed by atoms with E-state index in [1.807, 2.05) is 41.9 Å². The van der Waals surface area contributed by atoms with Crippen molar-refractivity contribution < 1.29 is 13.9 Å². The van der Waals surface area contributed by atoms with Gasteiger partial charge in [-0.1, -0.05) is 36.4 Å². The van der Waals surface area contributed by atoms with E-state index in [0.717, 1.165) is 21.6 Å². The molecule has 4 rings (SSSR count). The highest BCUT2D eigenvalue weighted by atomic mass is 32.1. The second-order valence-electron chi connectivity index (χ2n) is 5.83. The number of carbonyl (C=O) groups is 1. The van der Waals surface area contributed by atoms with Crippen LogP contribution in [0.25, 0.3) is 15.9 Å². The zero-order valence-corrected chi connectivity index (χ0v) is 14.8. The van der Waals surface area contributed by atoms with Crippen LogP contribution in [0.5, 0.6) is 0 Å². The van der Waals surface area contributed by atoms with E-state index in [1.54, 1.807) is 24.3 Å². The van der Waals surface area contributed by atoms with Crippen molar-refractivity contribution >= 4 is 27.5 Å². The van der Waals surface area contributed by atoms with Gasteiger partial charge in [0.2, 0.25) is 0 Å². The number of aromatic nitrogens is 2. The lowest BCUT2D eigenvalue weighted by molar-refractivity contribution is 0.0475. The summed E-state index contributed by atoms with van der Waals surface area (Å²) < 4.78 is 20.8. The van der Waals surface area contributed by atoms with Gasteiger partial charge in [0.25, 0.3) is 0 Å². The first-order valence-electron chi connectivity index (χ1n) is 8.08. The molecule has 2 aromatic carbocycles. The molecule has 0 unspecified atom stereocenters. The number of halogens is 1. The molecule has 0 atom stereocenters. The first kappa shape index (κ1) is 16.5. The second-order valence-corrected chi connectivity index (χ2v) is 6.86. The highest BCUT2D eigenvalue weighted by molar-refractivity contribution is 7.20. The summed E-state index contributed by atoms with van der Waals surface area (Å²) in [4.78, 5) is 13.7. The fraction of sp³-hybridized carbons (Fsp3) is 0.100. The molecule has 4 nitrogen and oxygen atoms in total. The summed E-state index contributed by atoms with van der Waals surface area (Å²) in [5.74, 6) is -0.847. The number of hydrogen-bond donors (Lipinski definition) is 0. The van der Waals surface area contributed by atoms with Crippen molar-refractivity contribution in [2.45, 2.75) is 13.5 Å². The van der Waals surface area contributed by atoms with Gasteiger partial charge < -0.3 is 4.74 Å². The third-order valence-electron chi connectivity index (χ3n) is 4.06. The van der Waals surface area contributed by atoms with Crippen molar-refractivity contribution in [2.24, 2.45) is 0 Å². The lowest BCUT2D eigenvalue weighted by atomic mass is 10.2. The molecule has 26 heavy (non-hydrogen) atoms. The average molecular weight is 366 g/mol. The highest BCUT2D eigenvalue weighted by Gasteiger charge is 2.18. The lowest BCUT2D eigenvalue weighted by Crippen LogP contribution is -2.04. The molecule has 0 spiro atoms. The minimum Gasteiger partial charge on any atom is -0.457 e. The van der Waals surface area contributed by atoms with Gasteiger partial charge in [0.15, 0.2) is 0 Å². The standard InChI is InChI=1S/C20H15FN2O2S/c1-13-16-11-18(20(24)25-12-14-7-5-6-10-17(14)21)26-19(16)23(22-13)15-8-3-2-4-9-15/h2-11H,12H2,1H3. The van der Waals surface area contributed by atoms with Gasteiger partial charge >= 0.3 is 5.97 Å². The van der Waals surface area contributed by atoms with Crippen LogP contribution in [-0.2, 0) is 11.3 Å². The topological polar surface area (TPSA) is 44.1 Å². The van der Waals surface area contributed by atoms with Gasteiger partial charge in [0.1, 0.15) is 22.1 Å². The van der Waals surface area contributed by atoms with Gasteiger partial charge in [0, 0.05) is 10.9 Å². The third kappa shape index (κ3) is 2.99. The predicted octanol–water partition coefficient (Wildman–Crippen LogP) is 4.89. The number of para-hydroxylation sites is 1. The van der Waals surface area contributed by atoms with Crippen LogP contribution in [0, 0.1) is 12.7 Å². The number of rotatable bonds is 4. The van der Waals surface area contributed by atoms with Crippen LogP contribution in [0.3, 0.4) is 0 Å². The maximum absolute atomic E-state index is 13.7. The lowest BCUT2D eigenvalue weighted by Gasteiger charge is -2.04. The van der Waals surface area contributed by atoms with Gasteiger partial charge in [-0.15, -0.1) is 11.3 Å². The van der Waals surface area contributed by atoms with E-state index in [9.17, 15) is 9.18 Å². The number of esters is 1. The predicted molar refractivity (Wildman–Crippen MR) is 99.2 cm³/mol. The fourth-order valence-electron chi connectivity index (χ4n) is 2.72. The number of carbonyl (C=O) groups excluding carboxylic acids is 1. The Morgan fingerprint density at radius 3 is 2.65 bits per heavy atom. The largest absolute Gasteiger partial charge is 0.457 e. The maximum Gasteiger partial charge on any atom is 0.348 e. The van der Waals surface area contributed by atoms with Crippen molar-refractivity contribution in [3.05, 3.63) is 82.6 Å². The molecule has 130 valence electrons. The summed E-state index contributed by atoms with van der Waals surface area (Å²) in [7, 11) is 0. The van der Waals surface area contributed by atoms with E-state index in [0.29, 0.717) is 10.4 Å². The molecule has 2 heterocycles. The smallest absolute Gasteiger partial charge is 0.348 e. The van der Waals surface area contributed by atoms with Crippen molar-refractivity contribution in [2.75, 3.05) is 0 Å². The van der Waals surface area contributed by atoms with Crippen LogP contribution >= 0.6 is 11.3 Å². The van der Waals surface area contributed by atoms with Crippen LogP contribution in [-0.4, -0.2) is 15.7 Å². The Morgan fingerprint density at radius 2 is 1.88 bits per heavy atom. The molecule has 0 fully saturated rings. The molecular weight excluding hydrogens is 351 g/mol. The molecule has 0 aliphatic heterocycles. The Bertz CT molecular complexity index is 1090. The van der Waals surface area contributed by atoms with E-state index < -0.39 is 5.97 Å². The van der Waals surface area contributed by atoms with E-state index in [2.05, 4.69) is 5.10 Å². The molecule has 0 N–H and O–H groups in total. The molecular formula is C20H15FN2O2S. The van der Waals surface area contributed by atoms with Gasteiger partial charge in [0.05, 0.1) is 11.4 Å². The number of hydrogen-bond acceptors (Lipinski definition) is 4. The Hall–Kier alpha value is -2.99. The minimum absolute atomic E-state index is 0.0937. The molecule has 0 saturated carbocycles. The van der Waals surface area contributed by atoms with Gasteiger partial charge in [-0.3, -0.25) is 0 Å². The molecule has 0 amide bonds. The minimum atomic E-state index is -0.464. The van der Waals surface area contributed by atoms with Crippen molar-refractivity contribution in [1.29, 1.82) is 0 Å². The van der Waals surface area contributed by atoms with Crippen molar-refractivity contribution in [3.63, 3.8) is 0 Å². The van der Waals surface area contributed by atoms with Crippen molar-refractivity contribution in [3.8, 4) is 5.69 Å². The first-order valence-corrected chi connectivity index (χ1v) is 8.90. The zero-order valence-electron chi connectivity index (χ0n) is 14.0. The van der Waals surface area contributed by atoms with Crippen LogP contribution in [0.1, 0.15) is 20.9 Å². The second kappa shape index (κ2) is 6.72. The third-order valence-corrected chi connectivity index (χ3v) is 5.15. The van der Waals surface area contributed by atoms with E-state index >= 15 is 0 Å². The maximum atomic E-state index is 13.7. The zero-order chi connectivity index (χ0) is 18.1. The van der Waals surface area contributed by atoms with E-state index in [1.165, 1.54) is 17.4 Å². The molecule has 0 saturated heterocycles. The number of nitrogens with zero attached hydrogens (tertiary/aromatic N) is 2. The number of ether oxygens (including phenoxy) is 1. The Labute approximate surface area is 153 Å². The Balaban J connectivity index is 1.61. The van der Waals surface area contributed by atoms with Crippen LogP contribution < -0.4 is 0 Å². The summed E-state index contributed by atoms with van der Waals surface area (Å²) in [6, 6.07) is 17.8. The number of thiophene rings is 1. The van der Waals surface area contributed by atoms with Crippen LogP contribution in [0.4, 0.5) is 4.39 Å². The number of fused-ring (bicyclic) bond motifs is 1. The summed E-state index contributed by atoms with van der Waals surface area (Å²) in [6.45, 7) is 1.81. The molecule has 4 aromatic rings. The molecule has 0 radical (unpaired) electrons. The normalized spacial score (nSPS) is 11.0. The van der Waals surface area contributed by atoms with E-state index in [-0.39, 0.29) is 12.4 Å². The number of aryl methyl sites for hydroxylation is 1. The average Bonchev–Trinajstić information content (AvgIpc) is 3.22. The van der Waals surface area contributed by atoms with E-state index in [4.69, 9.17) is 4.74 Å². The molecule has 0 bridgehead atoms. The Kier molecular flexibility index (Phi) is 4.26. The summed E-state index contributed by atoms with van der Waals surface area (Å²) in [5.41, 5.74) is 2.13. The van der Waals surface area contributed by atoms with Crippen LogP contribution in [0.15, 0.2) is 60.7 Å². The van der Waals surface area contributed by atoms with Gasteiger partial charge in [-0.2, -0.15) is 5.10 Å². The quantitative estimate of drug-likeness (QED) is 0.483. The number of benzene rings is 2. The molecule has 0 aliphatic rings. The van der Waals surface area contributed by atoms with Crippen molar-refractivity contribution in [1.82, 2.24) is 9.78 Å². The SMILES string of the molecule is Cc1nn(-c2ccccc2)c2sc(C(=O)OCc3ccccc3F)cc12. The summed E-state index contributed by atoms with van der Waals surface area (Å²) in [5, 5.41) is 5.46. The summed E-state index contributed by atoms with van der Waals surface area (Å²) in [6.07, 6.45) is 0. The Morgan fingerprint density at radius 1 is 1.15 bits per heavy atom. The van der Waals surface area contributed by atoms with Gasteiger partial charge in [-0.25, -0.2) is 13.9 Å². The monoisotopic (exact) mass is 366 g/mol. The molecule has 6 heteroatoms. The summed E-state index contributed by atoms with van der Waals surface area (Å²) >= 11 is 1.32.